The zero-order valence-corrected chi connectivity index (χ0v) is 22.2. The molecule has 7 nitrogen and oxygen atoms in total. The summed E-state index contributed by atoms with van der Waals surface area (Å²) in [5.74, 6) is -4.03. The molecule has 4 aromatic rings. The summed E-state index contributed by atoms with van der Waals surface area (Å²) in [6.07, 6.45) is -5.08. The van der Waals surface area contributed by atoms with Crippen LogP contribution in [-0.2, 0) is 17.5 Å². The molecule has 5 rings (SSSR count). The summed E-state index contributed by atoms with van der Waals surface area (Å²) in [4.78, 5) is 27.3. The predicted molar refractivity (Wildman–Crippen MR) is 140 cm³/mol. The molecule has 0 bridgehead atoms. The second-order valence-corrected chi connectivity index (χ2v) is 9.79. The van der Waals surface area contributed by atoms with E-state index in [2.05, 4.69) is 0 Å². The number of carbonyl (C=O) groups is 1. The van der Waals surface area contributed by atoms with Gasteiger partial charge in [-0.15, -0.1) is 0 Å². The van der Waals surface area contributed by atoms with Gasteiger partial charge in [-0.2, -0.15) is 13.2 Å². The molecular formula is C30H26F4NO6+. The van der Waals surface area contributed by atoms with Crippen molar-refractivity contribution in [2.24, 2.45) is 0 Å². The van der Waals surface area contributed by atoms with E-state index >= 15 is 0 Å². The van der Waals surface area contributed by atoms with Crippen LogP contribution in [0.1, 0.15) is 32.8 Å². The highest BCUT2D eigenvalue weighted by molar-refractivity contribution is 5.92. The number of halogens is 4. The summed E-state index contributed by atoms with van der Waals surface area (Å²) in [6.45, 7) is 5.61. The summed E-state index contributed by atoms with van der Waals surface area (Å²) < 4.78 is 78.2. The van der Waals surface area contributed by atoms with Crippen molar-refractivity contribution in [3.63, 3.8) is 0 Å². The van der Waals surface area contributed by atoms with E-state index in [0.29, 0.717) is 26.3 Å². The Hall–Kier alpha value is -4.22. The van der Waals surface area contributed by atoms with Crippen molar-refractivity contribution >= 4 is 16.9 Å². The topological polar surface area (TPSA) is 79.4 Å². The molecule has 0 aliphatic carbocycles. The van der Waals surface area contributed by atoms with Crippen molar-refractivity contribution < 1.29 is 45.9 Å². The fraction of sp³-hybridized carbons (Fsp3) is 0.267. The van der Waals surface area contributed by atoms with Gasteiger partial charge in [-0.05, 0) is 73.5 Å². The Morgan fingerprint density at radius 2 is 1.68 bits per heavy atom. The highest BCUT2D eigenvalue weighted by Crippen LogP contribution is 2.40. The van der Waals surface area contributed by atoms with Crippen LogP contribution in [0.2, 0.25) is 0 Å². The van der Waals surface area contributed by atoms with Crippen LogP contribution < -0.4 is 19.8 Å². The first-order valence-corrected chi connectivity index (χ1v) is 12.9. The molecule has 0 spiro atoms. The lowest BCUT2D eigenvalue weighted by molar-refractivity contribution is -0.921. The first kappa shape index (κ1) is 28.3. The van der Waals surface area contributed by atoms with E-state index in [9.17, 15) is 27.2 Å². The minimum absolute atomic E-state index is 0.0331. The van der Waals surface area contributed by atoms with Gasteiger partial charge in [-0.1, -0.05) is 6.07 Å². The minimum atomic E-state index is -5.08. The van der Waals surface area contributed by atoms with Gasteiger partial charge in [0.1, 0.15) is 37.0 Å². The maximum absolute atomic E-state index is 14.3. The van der Waals surface area contributed by atoms with Crippen molar-refractivity contribution in [2.75, 3.05) is 26.3 Å². The standard InChI is InChI=1S/C30H25F4NO6/c1-17-3-8-21(15-18(17)2)39-27-25(36)22-9-10-24(40-29(37)19-4-6-20(31)7-5-19)23(16-35-11-13-38-14-12-35)26(22)41-28(27)30(32,33)34/h3-10,15H,11-14,16H2,1-2H3/p+1. The Morgan fingerprint density at radius 3 is 2.34 bits per heavy atom. The molecule has 0 saturated carbocycles. The van der Waals surface area contributed by atoms with Crippen molar-refractivity contribution in [2.45, 2.75) is 26.6 Å². The van der Waals surface area contributed by atoms with E-state index in [-0.39, 0.29) is 40.1 Å². The van der Waals surface area contributed by atoms with E-state index in [1.165, 1.54) is 36.4 Å². The number of morpholine rings is 1. The summed E-state index contributed by atoms with van der Waals surface area (Å²) in [6, 6.07) is 11.9. The van der Waals surface area contributed by atoms with Crippen LogP contribution in [0.5, 0.6) is 17.2 Å². The number of rotatable bonds is 6. The van der Waals surface area contributed by atoms with Crippen molar-refractivity contribution in [1.29, 1.82) is 0 Å². The van der Waals surface area contributed by atoms with Gasteiger partial charge in [0, 0.05) is 0 Å². The van der Waals surface area contributed by atoms with Crippen LogP contribution in [0, 0.1) is 19.7 Å². The number of fused-ring (bicyclic) bond motifs is 1. The van der Waals surface area contributed by atoms with Gasteiger partial charge in [0.05, 0.1) is 29.7 Å². The second-order valence-electron chi connectivity index (χ2n) is 9.79. The SMILES string of the molecule is Cc1ccc(Oc2c(C(F)(F)F)oc3c(C[NH+]4CCOCC4)c(OC(=O)c4ccc(F)cc4)ccc3c2=O)cc1C. The summed E-state index contributed by atoms with van der Waals surface area (Å²) >= 11 is 0. The Labute approximate surface area is 231 Å². The van der Waals surface area contributed by atoms with Crippen LogP contribution in [0.4, 0.5) is 17.6 Å². The molecule has 1 aliphatic heterocycles. The lowest BCUT2D eigenvalue weighted by atomic mass is 10.1. The fourth-order valence-electron chi connectivity index (χ4n) is 4.55. The second kappa shape index (κ2) is 11.3. The van der Waals surface area contributed by atoms with Gasteiger partial charge in [-0.25, -0.2) is 9.18 Å². The number of nitrogens with one attached hydrogen (secondary N) is 1. The molecule has 0 atom stereocenters. The van der Waals surface area contributed by atoms with E-state index in [1.54, 1.807) is 13.0 Å². The Kier molecular flexibility index (Phi) is 7.83. The van der Waals surface area contributed by atoms with Crippen molar-refractivity contribution in [3.8, 4) is 17.2 Å². The first-order chi connectivity index (χ1) is 19.5. The molecule has 1 saturated heterocycles. The third-order valence-electron chi connectivity index (χ3n) is 6.94. The van der Waals surface area contributed by atoms with Crippen molar-refractivity contribution in [1.82, 2.24) is 0 Å². The molecule has 41 heavy (non-hydrogen) atoms. The predicted octanol–water partition coefficient (Wildman–Crippen LogP) is 4.99. The van der Waals surface area contributed by atoms with Crippen LogP contribution >= 0.6 is 0 Å². The maximum Gasteiger partial charge on any atom is 0.453 e. The third-order valence-corrected chi connectivity index (χ3v) is 6.94. The number of carbonyl (C=O) groups excluding carboxylic acids is 1. The molecular weight excluding hydrogens is 546 g/mol. The smallest absolute Gasteiger partial charge is 0.449 e. The molecule has 1 aliphatic rings. The zero-order chi connectivity index (χ0) is 29.3. The lowest BCUT2D eigenvalue weighted by Crippen LogP contribution is -3.12. The Balaban J connectivity index is 1.65. The van der Waals surface area contributed by atoms with Crippen LogP contribution in [0.3, 0.4) is 0 Å². The van der Waals surface area contributed by atoms with E-state index in [1.807, 2.05) is 6.92 Å². The van der Waals surface area contributed by atoms with E-state index in [0.717, 1.165) is 28.2 Å². The molecule has 11 heteroatoms. The van der Waals surface area contributed by atoms with Gasteiger partial charge in [0.2, 0.25) is 11.2 Å². The molecule has 0 radical (unpaired) electrons. The zero-order valence-electron chi connectivity index (χ0n) is 22.2. The monoisotopic (exact) mass is 572 g/mol. The number of quaternary nitrogens is 1. The molecule has 0 unspecified atom stereocenters. The lowest BCUT2D eigenvalue weighted by Gasteiger charge is -2.25. The van der Waals surface area contributed by atoms with Gasteiger partial charge in [0.15, 0.2) is 5.58 Å². The quantitative estimate of drug-likeness (QED) is 0.199. The number of esters is 1. The molecule has 0 amide bonds. The summed E-state index contributed by atoms with van der Waals surface area (Å²) in [5.41, 5.74) is 0.423. The third kappa shape index (κ3) is 6.10. The molecule has 1 N–H and O–H groups in total. The van der Waals surface area contributed by atoms with Crippen LogP contribution in [0.25, 0.3) is 11.0 Å². The minimum Gasteiger partial charge on any atom is -0.449 e. The van der Waals surface area contributed by atoms with Crippen LogP contribution in [-0.4, -0.2) is 32.3 Å². The highest BCUT2D eigenvalue weighted by Gasteiger charge is 2.41. The number of ether oxygens (including phenoxy) is 3. The van der Waals surface area contributed by atoms with E-state index < -0.39 is 34.9 Å². The van der Waals surface area contributed by atoms with Crippen molar-refractivity contribution in [3.05, 3.63) is 98.7 Å². The number of hydrogen-bond acceptors (Lipinski definition) is 6. The van der Waals surface area contributed by atoms with E-state index in [4.69, 9.17) is 18.6 Å². The molecule has 1 fully saturated rings. The fourth-order valence-corrected chi connectivity index (χ4v) is 4.55. The van der Waals surface area contributed by atoms with Gasteiger partial charge in [-0.3, -0.25) is 4.79 Å². The molecule has 3 aromatic carbocycles. The number of hydrogen-bond donors (Lipinski definition) is 1. The van der Waals surface area contributed by atoms with Gasteiger partial charge < -0.3 is 23.5 Å². The molecule has 2 heterocycles. The van der Waals surface area contributed by atoms with Gasteiger partial charge in [0.25, 0.3) is 5.76 Å². The Morgan fingerprint density at radius 1 is 0.976 bits per heavy atom. The normalized spacial score (nSPS) is 14.3. The maximum atomic E-state index is 14.3. The number of alkyl halides is 3. The number of benzene rings is 3. The summed E-state index contributed by atoms with van der Waals surface area (Å²) in [5, 5.41) is -0.166. The Bertz CT molecular complexity index is 1660. The van der Waals surface area contributed by atoms with Crippen LogP contribution in [0.15, 0.2) is 63.8 Å². The molecule has 214 valence electrons. The molecule has 1 aromatic heterocycles. The number of aryl methyl sites for hydroxylation is 2. The average molecular weight is 573 g/mol. The van der Waals surface area contributed by atoms with Gasteiger partial charge >= 0.3 is 12.1 Å². The highest BCUT2D eigenvalue weighted by atomic mass is 19.4. The average Bonchev–Trinajstić information content (AvgIpc) is 2.93. The summed E-state index contributed by atoms with van der Waals surface area (Å²) in [7, 11) is 0. The first-order valence-electron chi connectivity index (χ1n) is 12.9. The largest absolute Gasteiger partial charge is 0.453 e.